The van der Waals surface area contributed by atoms with Crippen molar-refractivity contribution in [2.45, 2.75) is 70.0 Å². The van der Waals surface area contributed by atoms with Crippen LogP contribution in [-0.2, 0) is 37.3 Å². The van der Waals surface area contributed by atoms with Gasteiger partial charge in [0.2, 0.25) is 0 Å². The second kappa shape index (κ2) is 12.9. The molecule has 0 unspecified atom stereocenters. The standard InChI is InChI=1S/C32H31F8N7O/c1-45-43-30(42-44-45)46(15-19-9-23(31(35,36)37)13-24(10-19)32(38,39)40)16-22-11-21-12-25(33)26(34)14-27(21)41-29(22)47-8-2-3-28(47)20-6-4-18(17-48)5-7-20/h9-14,17-18,20,28H,2-8,15-16H2,1H3/t18?,20?,28-/m1/s1. The first-order valence-electron chi connectivity index (χ1n) is 15.5. The smallest absolute Gasteiger partial charge is 0.353 e. The van der Waals surface area contributed by atoms with Crippen LogP contribution in [0.2, 0.25) is 0 Å². The van der Waals surface area contributed by atoms with E-state index < -0.39 is 41.7 Å². The SMILES string of the molecule is Cn1nnc(N(Cc2cc(C(F)(F)F)cc(C(F)(F)F)c2)Cc2cc3cc(F)c(F)cc3nc2N2CCC[C@@H]2C2CCC(C=O)CC2)n1. The number of fused-ring (bicyclic) bond motifs is 1. The molecule has 2 aromatic carbocycles. The number of pyridine rings is 1. The maximum absolute atomic E-state index is 14.4. The Morgan fingerprint density at radius 1 is 0.875 bits per heavy atom. The van der Waals surface area contributed by atoms with Crippen LogP contribution in [0.15, 0.2) is 36.4 Å². The fourth-order valence-electron chi connectivity index (χ4n) is 6.91. The third-order valence-corrected chi connectivity index (χ3v) is 9.20. The average Bonchev–Trinajstić information content (AvgIpc) is 3.70. The van der Waals surface area contributed by atoms with E-state index in [1.165, 1.54) is 11.9 Å². The van der Waals surface area contributed by atoms with E-state index in [2.05, 4.69) is 20.3 Å². The Morgan fingerprint density at radius 3 is 2.15 bits per heavy atom. The first-order chi connectivity index (χ1) is 22.7. The summed E-state index contributed by atoms with van der Waals surface area (Å²) in [6, 6.07) is 4.93. The normalized spacial score (nSPS) is 20.4. The molecule has 0 bridgehead atoms. The minimum absolute atomic E-state index is 0.00470. The number of alkyl halides is 6. The lowest BCUT2D eigenvalue weighted by molar-refractivity contribution is -0.143. The average molecular weight is 682 g/mol. The number of aldehydes is 1. The molecule has 1 aliphatic carbocycles. The minimum atomic E-state index is -5.05. The van der Waals surface area contributed by atoms with Gasteiger partial charge in [0.1, 0.15) is 12.1 Å². The van der Waals surface area contributed by atoms with E-state index in [1.807, 2.05) is 0 Å². The molecule has 2 fully saturated rings. The largest absolute Gasteiger partial charge is 0.416 e. The number of tetrazole rings is 1. The summed E-state index contributed by atoms with van der Waals surface area (Å²) < 4.78 is 111. The zero-order chi connectivity index (χ0) is 34.4. The zero-order valence-electron chi connectivity index (χ0n) is 25.7. The summed E-state index contributed by atoms with van der Waals surface area (Å²) >= 11 is 0. The Hall–Kier alpha value is -4.37. The van der Waals surface area contributed by atoms with E-state index >= 15 is 0 Å². The lowest BCUT2D eigenvalue weighted by Crippen LogP contribution is -2.39. The van der Waals surface area contributed by atoms with Crippen molar-refractivity contribution in [1.29, 1.82) is 0 Å². The Bertz CT molecular complexity index is 1770. The highest BCUT2D eigenvalue weighted by Gasteiger charge is 2.38. The second-order valence-corrected chi connectivity index (χ2v) is 12.5. The van der Waals surface area contributed by atoms with Gasteiger partial charge in [-0.1, -0.05) is 5.10 Å². The van der Waals surface area contributed by atoms with Gasteiger partial charge in [-0.05, 0) is 85.6 Å². The molecule has 8 nitrogen and oxygen atoms in total. The maximum atomic E-state index is 14.4. The number of hydrogen-bond acceptors (Lipinski definition) is 7. The molecule has 1 saturated carbocycles. The van der Waals surface area contributed by atoms with Gasteiger partial charge in [-0.3, -0.25) is 0 Å². The van der Waals surface area contributed by atoms with Crippen molar-refractivity contribution in [3.63, 3.8) is 0 Å². The molecular weight excluding hydrogens is 650 g/mol. The molecule has 1 aliphatic heterocycles. The molecule has 256 valence electrons. The van der Waals surface area contributed by atoms with Crippen LogP contribution in [0.5, 0.6) is 0 Å². The molecule has 48 heavy (non-hydrogen) atoms. The van der Waals surface area contributed by atoms with Crippen LogP contribution in [0.3, 0.4) is 0 Å². The third-order valence-electron chi connectivity index (χ3n) is 9.20. The van der Waals surface area contributed by atoms with Crippen LogP contribution in [0.4, 0.5) is 46.9 Å². The predicted octanol–water partition coefficient (Wildman–Crippen LogP) is 7.26. The van der Waals surface area contributed by atoms with E-state index in [1.54, 1.807) is 6.07 Å². The van der Waals surface area contributed by atoms with Gasteiger partial charge in [-0.15, -0.1) is 5.10 Å². The number of aryl methyl sites for hydroxylation is 1. The van der Waals surface area contributed by atoms with E-state index in [-0.39, 0.29) is 52.9 Å². The zero-order valence-corrected chi connectivity index (χ0v) is 25.7. The highest BCUT2D eigenvalue weighted by Crippen LogP contribution is 2.41. The van der Waals surface area contributed by atoms with Crippen molar-refractivity contribution in [3.05, 3.63) is 70.3 Å². The molecule has 1 atom stereocenters. The number of rotatable bonds is 8. The minimum Gasteiger partial charge on any atom is -0.353 e. The molecule has 2 aliphatic rings. The van der Waals surface area contributed by atoms with Crippen LogP contribution in [0.1, 0.15) is 60.8 Å². The summed E-state index contributed by atoms with van der Waals surface area (Å²) in [5.74, 6) is -1.60. The van der Waals surface area contributed by atoms with Gasteiger partial charge in [-0.25, -0.2) is 13.8 Å². The van der Waals surface area contributed by atoms with Gasteiger partial charge < -0.3 is 14.6 Å². The number of nitrogens with zero attached hydrogens (tertiary/aromatic N) is 7. The first kappa shape index (κ1) is 33.5. The Labute approximate surface area is 269 Å². The molecule has 1 saturated heterocycles. The van der Waals surface area contributed by atoms with Crippen molar-refractivity contribution >= 4 is 29.0 Å². The van der Waals surface area contributed by atoms with Gasteiger partial charge in [0.15, 0.2) is 11.6 Å². The molecule has 0 amide bonds. The van der Waals surface area contributed by atoms with Crippen LogP contribution < -0.4 is 9.80 Å². The number of hydrogen-bond donors (Lipinski definition) is 0. The molecular formula is C32H31F8N7O. The predicted molar refractivity (Wildman–Crippen MR) is 159 cm³/mol. The summed E-state index contributed by atoms with van der Waals surface area (Å²) in [5.41, 5.74) is -2.60. The maximum Gasteiger partial charge on any atom is 0.416 e. The van der Waals surface area contributed by atoms with Gasteiger partial charge in [0.05, 0.1) is 23.7 Å². The topological polar surface area (TPSA) is 80.0 Å². The van der Waals surface area contributed by atoms with Crippen molar-refractivity contribution in [1.82, 2.24) is 25.2 Å². The summed E-state index contributed by atoms with van der Waals surface area (Å²) in [6.07, 6.45) is -4.32. The van der Waals surface area contributed by atoms with Crippen LogP contribution in [0.25, 0.3) is 10.9 Å². The van der Waals surface area contributed by atoms with Crippen LogP contribution in [0, 0.1) is 23.5 Å². The quantitative estimate of drug-likeness (QED) is 0.143. The molecule has 0 N–H and O–H groups in total. The van der Waals surface area contributed by atoms with Gasteiger partial charge in [-0.2, -0.15) is 31.1 Å². The van der Waals surface area contributed by atoms with Crippen molar-refractivity contribution in [3.8, 4) is 0 Å². The van der Waals surface area contributed by atoms with E-state index in [0.29, 0.717) is 30.1 Å². The van der Waals surface area contributed by atoms with Crippen LogP contribution in [-0.4, -0.2) is 44.1 Å². The second-order valence-electron chi connectivity index (χ2n) is 12.5. The van der Waals surface area contributed by atoms with E-state index in [9.17, 15) is 39.9 Å². The molecule has 6 rings (SSSR count). The number of halogens is 8. The summed E-state index contributed by atoms with van der Waals surface area (Å²) in [6.45, 7) is -0.0613. The van der Waals surface area contributed by atoms with Gasteiger partial charge in [0.25, 0.3) is 5.95 Å². The van der Waals surface area contributed by atoms with Crippen molar-refractivity contribution in [2.75, 3.05) is 16.3 Å². The highest BCUT2D eigenvalue weighted by molar-refractivity contribution is 5.82. The molecule has 3 heterocycles. The summed E-state index contributed by atoms with van der Waals surface area (Å²) in [4.78, 5) is 20.7. The van der Waals surface area contributed by atoms with Gasteiger partial charge >= 0.3 is 12.4 Å². The third kappa shape index (κ3) is 7.06. The summed E-state index contributed by atoms with van der Waals surface area (Å²) in [5, 5.41) is 12.2. The first-order valence-corrected chi connectivity index (χ1v) is 15.5. The van der Waals surface area contributed by atoms with Crippen molar-refractivity contribution < 1.29 is 39.9 Å². The molecule has 4 aromatic rings. The lowest BCUT2D eigenvalue weighted by atomic mass is 9.78. The number of carbonyl (C=O) groups excluding carboxylic acids is 1. The number of aromatic nitrogens is 5. The number of anilines is 2. The van der Waals surface area contributed by atoms with Crippen LogP contribution >= 0.6 is 0 Å². The Balaban J connectivity index is 1.43. The van der Waals surface area contributed by atoms with E-state index in [0.717, 1.165) is 61.7 Å². The Kier molecular flexibility index (Phi) is 9.02. The Morgan fingerprint density at radius 2 is 1.54 bits per heavy atom. The summed E-state index contributed by atoms with van der Waals surface area (Å²) in [7, 11) is 1.45. The highest BCUT2D eigenvalue weighted by atomic mass is 19.4. The molecule has 0 spiro atoms. The fraction of sp³-hybridized carbons (Fsp3) is 0.469. The molecule has 0 radical (unpaired) electrons. The molecule has 2 aromatic heterocycles. The van der Waals surface area contributed by atoms with E-state index in [4.69, 9.17) is 4.98 Å². The molecule has 16 heteroatoms. The monoisotopic (exact) mass is 681 g/mol. The van der Waals surface area contributed by atoms with Crippen molar-refractivity contribution in [2.24, 2.45) is 18.9 Å². The van der Waals surface area contributed by atoms with Gasteiger partial charge in [0, 0.05) is 48.6 Å². The lowest BCUT2D eigenvalue weighted by Gasteiger charge is -2.37. The number of carbonyl (C=O) groups is 1. The number of benzene rings is 2. The fourth-order valence-corrected chi connectivity index (χ4v) is 6.91.